The van der Waals surface area contributed by atoms with Crippen molar-refractivity contribution in [3.05, 3.63) is 99.0 Å². The first kappa shape index (κ1) is 33.6. The topological polar surface area (TPSA) is 86.8 Å². The van der Waals surface area contributed by atoms with Gasteiger partial charge in [-0.3, -0.25) is 13.9 Å². The Labute approximate surface area is 263 Å². The van der Waals surface area contributed by atoms with Gasteiger partial charge in [-0.15, -0.1) is 0 Å². The Bertz CT molecular complexity index is 1450. The quantitative estimate of drug-likeness (QED) is 0.186. The van der Waals surface area contributed by atoms with Gasteiger partial charge in [-0.25, -0.2) is 8.42 Å². The summed E-state index contributed by atoms with van der Waals surface area (Å²) in [7, 11) is -3.63. The third kappa shape index (κ3) is 10.1. The van der Waals surface area contributed by atoms with E-state index in [9.17, 15) is 18.0 Å². The number of hydrogen-bond donors (Lipinski definition) is 1. The molecule has 3 rings (SSSR count). The highest BCUT2D eigenvalue weighted by molar-refractivity contribution is 9.10. The number of anilines is 1. The number of carbonyl (C=O) groups is 2. The van der Waals surface area contributed by atoms with E-state index in [1.165, 1.54) is 4.31 Å². The van der Waals surface area contributed by atoms with Crippen molar-refractivity contribution in [1.29, 1.82) is 0 Å². The first-order valence-electron chi connectivity index (χ1n) is 14.1. The molecular weight excluding hydrogens is 638 g/mol. The lowest BCUT2D eigenvalue weighted by Gasteiger charge is -2.32. The molecule has 0 aliphatic rings. The molecule has 0 aromatic heterocycles. The van der Waals surface area contributed by atoms with E-state index < -0.39 is 16.1 Å². The molecule has 226 valence electrons. The Hall–Kier alpha value is -2.88. The summed E-state index contributed by atoms with van der Waals surface area (Å²) in [5, 5.41) is 3.45. The summed E-state index contributed by atoms with van der Waals surface area (Å²) in [6.07, 6.45) is 3.61. The molecule has 0 unspecified atom stereocenters. The molecule has 0 bridgehead atoms. The summed E-state index contributed by atoms with van der Waals surface area (Å²) < 4.78 is 27.6. The normalized spacial score (nSPS) is 12.0. The molecule has 3 aromatic rings. The Balaban J connectivity index is 1.89. The number of halogens is 2. The average Bonchev–Trinajstić information content (AvgIpc) is 2.94. The van der Waals surface area contributed by atoms with Crippen molar-refractivity contribution in [2.45, 2.75) is 58.5 Å². The maximum Gasteiger partial charge on any atom is 0.243 e. The van der Waals surface area contributed by atoms with E-state index in [-0.39, 0.29) is 37.7 Å². The molecule has 2 amide bonds. The first-order valence-corrected chi connectivity index (χ1v) is 17.1. The van der Waals surface area contributed by atoms with E-state index in [2.05, 4.69) is 28.2 Å². The van der Waals surface area contributed by atoms with Crippen LogP contribution in [0.1, 0.15) is 49.3 Å². The number of sulfonamides is 1. The molecular formula is C32H39BrClN3O4S. The highest BCUT2D eigenvalue weighted by atomic mass is 79.9. The van der Waals surface area contributed by atoms with Crippen LogP contribution >= 0.6 is 27.5 Å². The number of hydrogen-bond acceptors (Lipinski definition) is 4. The minimum atomic E-state index is -3.63. The molecule has 10 heteroatoms. The van der Waals surface area contributed by atoms with Crippen molar-refractivity contribution >= 4 is 55.1 Å². The second kappa shape index (κ2) is 16.1. The van der Waals surface area contributed by atoms with Crippen LogP contribution in [0.2, 0.25) is 5.02 Å². The summed E-state index contributed by atoms with van der Waals surface area (Å²) in [5.41, 5.74) is 3.07. The standard InChI is InChI=1S/C32H39BrClN3O4S/c1-4-5-18-35-32(39)30(21-25-11-7-6-8-12-25)36(23-26-13-9-14-27(33)20-26)31(38)15-10-19-37(42(3,40)41)29-22-28(34)17-16-24(29)2/h6-9,11-14,16-17,20,22,30H,4-5,10,15,18-19,21,23H2,1-3H3,(H,35,39)/t30-/m0/s1. The lowest BCUT2D eigenvalue weighted by molar-refractivity contribution is -0.141. The highest BCUT2D eigenvalue weighted by Crippen LogP contribution is 2.27. The highest BCUT2D eigenvalue weighted by Gasteiger charge is 2.30. The monoisotopic (exact) mass is 675 g/mol. The number of rotatable bonds is 15. The Morgan fingerprint density at radius 3 is 2.36 bits per heavy atom. The van der Waals surface area contributed by atoms with Gasteiger partial charge in [0, 0.05) is 42.0 Å². The van der Waals surface area contributed by atoms with Crippen molar-refractivity contribution < 1.29 is 18.0 Å². The van der Waals surface area contributed by atoms with E-state index >= 15 is 0 Å². The van der Waals surface area contributed by atoms with Gasteiger partial charge in [0.25, 0.3) is 0 Å². The van der Waals surface area contributed by atoms with Crippen molar-refractivity contribution in [2.24, 2.45) is 0 Å². The van der Waals surface area contributed by atoms with Crippen LogP contribution in [0.3, 0.4) is 0 Å². The lowest BCUT2D eigenvalue weighted by Crippen LogP contribution is -2.50. The number of nitrogens with zero attached hydrogens (tertiary/aromatic N) is 2. The van der Waals surface area contributed by atoms with Crippen LogP contribution in [-0.2, 0) is 32.6 Å². The molecule has 0 aliphatic heterocycles. The number of unbranched alkanes of at least 4 members (excludes halogenated alkanes) is 1. The lowest BCUT2D eigenvalue weighted by atomic mass is 10.0. The molecule has 0 fully saturated rings. The van der Waals surface area contributed by atoms with Crippen molar-refractivity contribution in [1.82, 2.24) is 10.2 Å². The summed E-state index contributed by atoms with van der Waals surface area (Å²) in [6.45, 7) is 4.74. The molecule has 0 aliphatic carbocycles. The zero-order chi connectivity index (χ0) is 30.7. The molecule has 0 heterocycles. The van der Waals surface area contributed by atoms with Gasteiger partial charge >= 0.3 is 0 Å². The van der Waals surface area contributed by atoms with Crippen molar-refractivity contribution in [2.75, 3.05) is 23.7 Å². The first-order chi connectivity index (χ1) is 20.0. The van der Waals surface area contributed by atoms with Crippen LogP contribution in [0.15, 0.2) is 77.3 Å². The van der Waals surface area contributed by atoms with Gasteiger partial charge in [-0.2, -0.15) is 0 Å². The minimum Gasteiger partial charge on any atom is -0.354 e. The van der Waals surface area contributed by atoms with Gasteiger partial charge in [0.15, 0.2) is 0 Å². The average molecular weight is 677 g/mol. The molecule has 0 radical (unpaired) electrons. The van der Waals surface area contributed by atoms with Gasteiger partial charge in [0.1, 0.15) is 6.04 Å². The van der Waals surface area contributed by atoms with E-state index in [0.29, 0.717) is 23.7 Å². The molecule has 1 N–H and O–H groups in total. The molecule has 7 nitrogen and oxygen atoms in total. The summed E-state index contributed by atoms with van der Waals surface area (Å²) in [4.78, 5) is 29.1. The van der Waals surface area contributed by atoms with E-state index in [4.69, 9.17) is 11.6 Å². The minimum absolute atomic E-state index is 0.0627. The predicted octanol–water partition coefficient (Wildman–Crippen LogP) is 6.51. The van der Waals surface area contributed by atoms with Gasteiger partial charge in [0.2, 0.25) is 21.8 Å². The van der Waals surface area contributed by atoms with Gasteiger partial charge in [-0.1, -0.05) is 89.4 Å². The number of amides is 2. The van der Waals surface area contributed by atoms with Crippen LogP contribution < -0.4 is 9.62 Å². The summed E-state index contributed by atoms with van der Waals surface area (Å²) in [6, 6.07) is 21.7. The smallest absolute Gasteiger partial charge is 0.243 e. The van der Waals surface area contributed by atoms with Gasteiger partial charge in [0.05, 0.1) is 11.9 Å². The second-order valence-corrected chi connectivity index (χ2v) is 13.6. The van der Waals surface area contributed by atoms with Crippen LogP contribution in [0.5, 0.6) is 0 Å². The number of aryl methyl sites for hydroxylation is 1. The molecule has 0 saturated carbocycles. The van der Waals surface area contributed by atoms with Crippen LogP contribution in [0, 0.1) is 6.92 Å². The maximum atomic E-state index is 13.9. The molecule has 0 saturated heterocycles. The fraction of sp³-hybridized carbons (Fsp3) is 0.375. The Morgan fingerprint density at radius 2 is 1.69 bits per heavy atom. The third-order valence-corrected chi connectivity index (χ3v) is 8.84. The van der Waals surface area contributed by atoms with Gasteiger partial charge in [-0.05, 0) is 60.7 Å². The molecule has 0 spiro atoms. The van der Waals surface area contributed by atoms with Crippen LogP contribution in [0.25, 0.3) is 0 Å². The zero-order valence-corrected chi connectivity index (χ0v) is 27.5. The van der Waals surface area contributed by atoms with E-state index in [0.717, 1.165) is 40.3 Å². The van der Waals surface area contributed by atoms with E-state index in [1.54, 1.807) is 23.1 Å². The van der Waals surface area contributed by atoms with Crippen molar-refractivity contribution in [3.63, 3.8) is 0 Å². The largest absolute Gasteiger partial charge is 0.354 e. The molecule has 42 heavy (non-hydrogen) atoms. The third-order valence-electron chi connectivity index (χ3n) is 6.93. The van der Waals surface area contributed by atoms with Crippen molar-refractivity contribution in [3.8, 4) is 0 Å². The van der Waals surface area contributed by atoms with Crippen LogP contribution in [-0.4, -0.2) is 50.5 Å². The summed E-state index contributed by atoms with van der Waals surface area (Å²) >= 11 is 9.68. The Kier molecular flexibility index (Phi) is 12.9. The van der Waals surface area contributed by atoms with Gasteiger partial charge < -0.3 is 10.2 Å². The zero-order valence-electron chi connectivity index (χ0n) is 24.4. The molecule has 3 aromatic carbocycles. The number of carbonyl (C=O) groups excluding carboxylic acids is 2. The van der Waals surface area contributed by atoms with E-state index in [1.807, 2.05) is 61.5 Å². The summed E-state index contributed by atoms with van der Waals surface area (Å²) in [5.74, 6) is -0.430. The Morgan fingerprint density at radius 1 is 0.976 bits per heavy atom. The number of nitrogens with one attached hydrogen (secondary N) is 1. The fourth-order valence-corrected chi connectivity index (χ4v) is 6.35. The fourth-order valence-electron chi connectivity index (χ4n) is 4.73. The SMILES string of the molecule is CCCCNC(=O)[C@H](Cc1ccccc1)N(Cc1cccc(Br)c1)C(=O)CCCN(c1cc(Cl)ccc1C)S(C)(=O)=O. The second-order valence-electron chi connectivity index (χ2n) is 10.4. The molecule has 1 atom stereocenters. The predicted molar refractivity (Wildman–Crippen MR) is 174 cm³/mol. The maximum absolute atomic E-state index is 13.9. The van der Waals surface area contributed by atoms with Crippen LogP contribution in [0.4, 0.5) is 5.69 Å². The number of benzene rings is 3.